The van der Waals surface area contributed by atoms with Gasteiger partial charge in [0.1, 0.15) is 4.90 Å². The van der Waals surface area contributed by atoms with Crippen LogP contribution in [0.25, 0.3) is 0 Å². The molecule has 1 aromatic carbocycles. The summed E-state index contributed by atoms with van der Waals surface area (Å²) in [6.45, 7) is 4.80. The van der Waals surface area contributed by atoms with Crippen molar-refractivity contribution in [3.05, 3.63) is 27.7 Å². The van der Waals surface area contributed by atoms with E-state index in [0.29, 0.717) is 23.7 Å². The van der Waals surface area contributed by atoms with Gasteiger partial charge in [0, 0.05) is 24.7 Å². The standard InChI is InChI=1S/C13H20Cl2N2O3S/c1-4-20-9(2)7-17-21(18,19)13-5-10(8-16-3)11(14)6-12(13)15/h5-6,9,16-17H,4,7-8H2,1-3H3. The first-order valence-corrected chi connectivity index (χ1v) is 8.79. The summed E-state index contributed by atoms with van der Waals surface area (Å²) in [6, 6.07) is 2.92. The van der Waals surface area contributed by atoms with Gasteiger partial charge in [-0.3, -0.25) is 0 Å². The zero-order valence-electron chi connectivity index (χ0n) is 12.2. The van der Waals surface area contributed by atoms with Gasteiger partial charge >= 0.3 is 0 Å². The Bertz CT molecular complexity index is 579. The second kappa shape index (κ2) is 8.31. The number of halogens is 2. The summed E-state index contributed by atoms with van der Waals surface area (Å²) in [5, 5.41) is 3.45. The van der Waals surface area contributed by atoms with E-state index < -0.39 is 10.0 Å². The van der Waals surface area contributed by atoms with Crippen molar-refractivity contribution < 1.29 is 13.2 Å². The van der Waals surface area contributed by atoms with Crippen LogP contribution in [0.15, 0.2) is 17.0 Å². The predicted molar refractivity (Wildman–Crippen MR) is 85.5 cm³/mol. The Morgan fingerprint density at radius 3 is 2.52 bits per heavy atom. The van der Waals surface area contributed by atoms with Crippen molar-refractivity contribution in [3.63, 3.8) is 0 Å². The average Bonchev–Trinajstić information content (AvgIpc) is 2.40. The highest BCUT2D eigenvalue weighted by molar-refractivity contribution is 7.89. The number of ether oxygens (including phenoxy) is 1. The Balaban J connectivity index is 2.99. The molecule has 21 heavy (non-hydrogen) atoms. The molecule has 0 aliphatic heterocycles. The minimum absolute atomic E-state index is 0.0162. The molecule has 0 radical (unpaired) electrons. The molecule has 1 aromatic rings. The number of rotatable bonds is 8. The molecule has 1 unspecified atom stereocenters. The van der Waals surface area contributed by atoms with Crippen LogP contribution < -0.4 is 10.0 Å². The zero-order chi connectivity index (χ0) is 16.0. The molecule has 1 rings (SSSR count). The summed E-state index contributed by atoms with van der Waals surface area (Å²) in [7, 11) is -1.96. The molecule has 0 aliphatic rings. The second-order valence-electron chi connectivity index (χ2n) is 4.52. The van der Waals surface area contributed by atoms with Crippen molar-refractivity contribution in [3.8, 4) is 0 Å². The van der Waals surface area contributed by atoms with Crippen LogP contribution in [0.3, 0.4) is 0 Å². The maximum absolute atomic E-state index is 12.3. The maximum atomic E-state index is 12.3. The van der Waals surface area contributed by atoms with E-state index in [1.54, 1.807) is 14.0 Å². The third kappa shape index (κ3) is 5.39. The van der Waals surface area contributed by atoms with Crippen LogP contribution in [0.1, 0.15) is 19.4 Å². The van der Waals surface area contributed by atoms with Gasteiger partial charge in [-0.2, -0.15) is 0 Å². The van der Waals surface area contributed by atoms with Crippen molar-refractivity contribution >= 4 is 33.2 Å². The minimum atomic E-state index is -3.71. The van der Waals surface area contributed by atoms with E-state index in [4.69, 9.17) is 27.9 Å². The first-order valence-electron chi connectivity index (χ1n) is 6.55. The third-order valence-corrected chi connectivity index (χ3v) is 5.01. The molecule has 0 fully saturated rings. The molecule has 0 amide bonds. The van der Waals surface area contributed by atoms with Crippen LogP contribution in [0.5, 0.6) is 0 Å². The molecule has 0 saturated carbocycles. The first kappa shape index (κ1) is 18.7. The molecular formula is C13H20Cl2N2O3S. The molecule has 1 atom stereocenters. The van der Waals surface area contributed by atoms with E-state index in [2.05, 4.69) is 10.0 Å². The number of hydrogen-bond donors (Lipinski definition) is 2. The van der Waals surface area contributed by atoms with Crippen LogP contribution in [-0.4, -0.2) is 34.7 Å². The van der Waals surface area contributed by atoms with Gasteiger partial charge in [0.25, 0.3) is 0 Å². The molecule has 2 N–H and O–H groups in total. The van der Waals surface area contributed by atoms with Gasteiger partial charge in [-0.15, -0.1) is 0 Å². The summed E-state index contributed by atoms with van der Waals surface area (Å²) >= 11 is 12.0. The van der Waals surface area contributed by atoms with Crippen LogP contribution in [0.2, 0.25) is 10.0 Å². The molecule has 0 aromatic heterocycles. The number of nitrogens with one attached hydrogen (secondary N) is 2. The molecule has 0 saturated heterocycles. The van der Waals surface area contributed by atoms with E-state index in [-0.39, 0.29) is 22.6 Å². The van der Waals surface area contributed by atoms with Gasteiger partial charge in [0.05, 0.1) is 11.1 Å². The monoisotopic (exact) mass is 354 g/mol. The van der Waals surface area contributed by atoms with Crippen molar-refractivity contribution in [2.75, 3.05) is 20.2 Å². The fraction of sp³-hybridized carbons (Fsp3) is 0.538. The lowest BCUT2D eigenvalue weighted by Gasteiger charge is -2.15. The Morgan fingerprint density at radius 1 is 1.29 bits per heavy atom. The molecule has 0 spiro atoms. The molecule has 5 nitrogen and oxygen atoms in total. The highest BCUT2D eigenvalue weighted by atomic mass is 35.5. The Morgan fingerprint density at radius 2 is 1.95 bits per heavy atom. The molecule has 8 heteroatoms. The fourth-order valence-electron chi connectivity index (χ4n) is 1.75. The summed E-state index contributed by atoms with van der Waals surface area (Å²) in [4.78, 5) is 0.0162. The van der Waals surface area contributed by atoms with Crippen LogP contribution in [-0.2, 0) is 21.3 Å². The highest BCUT2D eigenvalue weighted by Gasteiger charge is 2.20. The van der Waals surface area contributed by atoms with Gasteiger partial charge < -0.3 is 10.1 Å². The van der Waals surface area contributed by atoms with Crippen molar-refractivity contribution in [2.24, 2.45) is 0 Å². The van der Waals surface area contributed by atoms with Crippen molar-refractivity contribution in [2.45, 2.75) is 31.4 Å². The van der Waals surface area contributed by atoms with E-state index in [0.717, 1.165) is 0 Å². The second-order valence-corrected chi connectivity index (χ2v) is 7.07. The summed E-state index contributed by atoms with van der Waals surface area (Å²) < 4.78 is 32.4. The Hall–Kier alpha value is -0.370. The number of hydrogen-bond acceptors (Lipinski definition) is 4. The number of benzene rings is 1. The lowest BCUT2D eigenvalue weighted by Crippen LogP contribution is -2.32. The summed E-state index contributed by atoms with van der Waals surface area (Å²) in [5.74, 6) is 0. The summed E-state index contributed by atoms with van der Waals surface area (Å²) in [5.41, 5.74) is 0.668. The minimum Gasteiger partial charge on any atom is -0.377 e. The van der Waals surface area contributed by atoms with Gasteiger partial charge in [-0.05, 0) is 38.6 Å². The summed E-state index contributed by atoms with van der Waals surface area (Å²) in [6.07, 6.45) is -0.215. The third-order valence-electron chi connectivity index (χ3n) is 2.77. The molecule has 120 valence electrons. The molecular weight excluding hydrogens is 335 g/mol. The predicted octanol–water partition coefficient (Wildman–Crippen LogP) is 2.42. The average molecular weight is 355 g/mol. The molecule has 0 aliphatic carbocycles. The van der Waals surface area contributed by atoms with E-state index in [9.17, 15) is 8.42 Å². The Kier molecular flexibility index (Phi) is 7.39. The normalized spacial score (nSPS) is 13.4. The molecule has 0 bridgehead atoms. The lowest BCUT2D eigenvalue weighted by atomic mass is 10.2. The van der Waals surface area contributed by atoms with Crippen LogP contribution >= 0.6 is 23.2 Å². The van der Waals surface area contributed by atoms with Gasteiger partial charge in [0.2, 0.25) is 10.0 Å². The number of sulfonamides is 1. The van der Waals surface area contributed by atoms with Gasteiger partial charge in [-0.1, -0.05) is 23.2 Å². The van der Waals surface area contributed by atoms with Crippen molar-refractivity contribution in [1.29, 1.82) is 0 Å². The zero-order valence-corrected chi connectivity index (χ0v) is 14.6. The van der Waals surface area contributed by atoms with Gasteiger partial charge in [0.15, 0.2) is 0 Å². The van der Waals surface area contributed by atoms with E-state index in [1.807, 2.05) is 6.92 Å². The smallest absolute Gasteiger partial charge is 0.242 e. The molecule has 0 heterocycles. The van der Waals surface area contributed by atoms with Crippen molar-refractivity contribution in [1.82, 2.24) is 10.0 Å². The van der Waals surface area contributed by atoms with E-state index >= 15 is 0 Å². The van der Waals surface area contributed by atoms with Crippen LogP contribution in [0.4, 0.5) is 0 Å². The van der Waals surface area contributed by atoms with Gasteiger partial charge in [-0.25, -0.2) is 13.1 Å². The SMILES string of the molecule is CCOC(C)CNS(=O)(=O)c1cc(CNC)c(Cl)cc1Cl. The Labute approximate surface area is 136 Å². The maximum Gasteiger partial charge on any atom is 0.242 e. The van der Waals surface area contributed by atoms with E-state index in [1.165, 1.54) is 12.1 Å². The largest absolute Gasteiger partial charge is 0.377 e. The van der Waals surface area contributed by atoms with Crippen LogP contribution in [0, 0.1) is 0 Å². The quantitative estimate of drug-likeness (QED) is 0.752. The topological polar surface area (TPSA) is 67.4 Å². The highest BCUT2D eigenvalue weighted by Crippen LogP contribution is 2.28. The fourth-order valence-corrected chi connectivity index (χ4v) is 3.73. The lowest BCUT2D eigenvalue weighted by molar-refractivity contribution is 0.0799. The first-order chi connectivity index (χ1) is 9.81.